The standard InChI is InChI=1S/C6H14N4O2.Na.H2O/c7-4(5(11)12)2-1-3-10-6(8)9;;/h4H,1-3,7H2,(H,11,12)(H4,8,9,10);;1H2/q;+1;/p-1. The van der Waals surface area contributed by atoms with E-state index in [-0.39, 0.29) is 41.0 Å². The van der Waals surface area contributed by atoms with E-state index in [1.807, 2.05) is 0 Å². The zero-order valence-electron chi connectivity index (χ0n) is 8.16. The van der Waals surface area contributed by atoms with Gasteiger partial charge >= 0.3 is 35.5 Å². The average molecular weight is 214 g/mol. The first-order chi connectivity index (χ1) is 5.54. The summed E-state index contributed by atoms with van der Waals surface area (Å²) >= 11 is 0. The molecule has 0 heterocycles. The molecule has 1 unspecified atom stereocenters. The minimum absolute atomic E-state index is 0. The Morgan fingerprint density at radius 3 is 2.43 bits per heavy atom. The van der Waals surface area contributed by atoms with Gasteiger partial charge in [0.25, 0.3) is 0 Å². The van der Waals surface area contributed by atoms with Gasteiger partial charge in [-0.15, -0.1) is 0 Å². The van der Waals surface area contributed by atoms with Crippen molar-refractivity contribution in [3.63, 3.8) is 0 Å². The van der Waals surface area contributed by atoms with Gasteiger partial charge in [0.1, 0.15) is 6.04 Å². The maximum atomic E-state index is 10.2. The normalized spacial score (nSPS) is 10.4. The molecule has 8 heteroatoms. The molecule has 0 radical (unpaired) electrons. The molecule has 0 aliphatic rings. The fraction of sp³-hybridized carbons (Fsp3) is 0.667. The number of carboxylic acid groups (broad SMARTS) is 1. The number of carboxylic acids is 1. The minimum atomic E-state index is -1.00. The van der Waals surface area contributed by atoms with Gasteiger partial charge in [0.15, 0.2) is 5.96 Å². The maximum Gasteiger partial charge on any atom is 1.00 e. The predicted molar refractivity (Wildman–Crippen MR) is 46.7 cm³/mol. The van der Waals surface area contributed by atoms with Crippen molar-refractivity contribution in [3.05, 3.63) is 0 Å². The summed E-state index contributed by atoms with van der Waals surface area (Å²) in [6.45, 7) is 0.482. The molecule has 1 atom stereocenters. The van der Waals surface area contributed by atoms with Gasteiger partial charge in [-0.2, -0.15) is 0 Å². The van der Waals surface area contributed by atoms with Crippen LogP contribution in [0.3, 0.4) is 0 Å². The van der Waals surface area contributed by atoms with Crippen molar-refractivity contribution in [2.45, 2.75) is 18.9 Å². The monoisotopic (exact) mass is 214 g/mol. The van der Waals surface area contributed by atoms with Gasteiger partial charge in [-0.3, -0.25) is 10.2 Å². The first-order valence-electron chi connectivity index (χ1n) is 3.60. The molecule has 0 rings (SSSR count). The second-order valence-electron chi connectivity index (χ2n) is 2.43. The van der Waals surface area contributed by atoms with Gasteiger partial charge in [-0.25, -0.2) is 0 Å². The van der Waals surface area contributed by atoms with E-state index in [1.54, 1.807) is 0 Å². The molecular weight excluding hydrogens is 199 g/mol. The average Bonchev–Trinajstić information content (AvgIpc) is 1.97. The molecule has 0 aliphatic carbocycles. The third kappa shape index (κ3) is 11.7. The van der Waals surface area contributed by atoms with Crippen molar-refractivity contribution < 1.29 is 44.9 Å². The van der Waals surface area contributed by atoms with Gasteiger partial charge in [-0.05, 0) is 12.8 Å². The van der Waals surface area contributed by atoms with Gasteiger partial charge in [0.2, 0.25) is 0 Å². The van der Waals surface area contributed by atoms with Crippen molar-refractivity contribution in [2.75, 3.05) is 6.54 Å². The Balaban J connectivity index is -0.000000605. The Morgan fingerprint density at radius 2 is 2.07 bits per heavy atom. The van der Waals surface area contributed by atoms with Crippen LogP contribution in [0.15, 0.2) is 0 Å². The van der Waals surface area contributed by atoms with Crippen LogP contribution < -0.4 is 46.3 Å². The molecule has 0 amide bonds. The largest absolute Gasteiger partial charge is 1.00 e. The van der Waals surface area contributed by atoms with Crippen LogP contribution in [0.5, 0.6) is 0 Å². The molecule has 0 saturated carbocycles. The van der Waals surface area contributed by atoms with Crippen LogP contribution in [0.4, 0.5) is 0 Å². The van der Waals surface area contributed by atoms with E-state index in [9.17, 15) is 4.79 Å². The topological polar surface area (TPSA) is 155 Å². The summed E-state index contributed by atoms with van der Waals surface area (Å²) in [6.07, 6.45) is 0.975. The quantitative estimate of drug-likeness (QED) is 0.134. The Kier molecular flexibility index (Phi) is 14.8. The van der Waals surface area contributed by atoms with Crippen LogP contribution in [0.25, 0.3) is 0 Å². The van der Waals surface area contributed by atoms with Crippen molar-refractivity contribution in [1.29, 1.82) is 5.41 Å². The van der Waals surface area contributed by atoms with E-state index in [2.05, 4.69) is 5.32 Å². The first-order valence-corrected chi connectivity index (χ1v) is 3.60. The van der Waals surface area contributed by atoms with Crippen molar-refractivity contribution in [3.8, 4) is 0 Å². The molecule has 14 heavy (non-hydrogen) atoms. The van der Waals surface area contributed by atoms with Crippen molar-refractivity contribution in [1.82, 2.24) is 5.32 Å². The van der Waals surface area contributed by atoms with Gasteiger partial charge < -0.3 is 27.4 Å². The van der Waals surface area contributed by atoms with Crippen LogP contribution >= 0.6 is 0 Å². The Labute approximate surface area is 104 Å². The smallest absolute Gasteiger partial charge is 0.870 e. The molecule has 0 bridgehead atoms. The van der Waals surface area contributed by atoms with E-state index in [0.717, 1.165) is 0 Å². The predicted octanol–water partition coefficient (Wildman–Crippen LogP) is -4.51. The van der Waals surface area contributed by atoms with E-state index in [1.165, 1.54) is 0 Å². The number of hydrogen-bond acceptors (Lipinski definition) is 4. The van der Waals surface area contributed by atoms with Crippen LogP contribution in [-0.4, -0.2) is 35.1 Å². The fourth-order valence-corrected chi connectivity index (χ4v) is 0.669. The number of nitrogens with two attached hydrogens (primary N) is 2. The number of hydrogen-bond donors (Lipinski definition) is 5. The molecule has 0 aromatic carbocycles. The molecule has 0 fully saturated rings. The van der Waals surface area contributed by atoms with Crippen LogP contribution in [0.2, 0.25) is 0 Å². The summed E-state index contributed by atoms with van der Waals surface area (Å²) in [4.78, 5) is 10.2. The zero-order chi connectivity index (χ0) is 9.56. The summed E-state index contributed by atoms with van der Waals surface area (Å²) in [7, 11) is 0. The third-order valence-corrected chi connectivity index (χ3v) is 1.32. The molecular formula is C6H15N4NaO3. The van der Waals surface area contributed by atoms with Crippen LogP contribution in [-0.2, 0) is 4.79 Å². The Bertz CT molecular complexity index is 178. The first kappa shape index (κ1) is 19.3. The van der Waals surface area contributed by atoms with E-state index in [4.69, 9.17) is 22.0 Å². The van der Waals surface area contributed by atoms with Crippen molar-refractivity contribution in [2.24, 2.45) is 11.5 Å². The van der Waals surface area contributed by atoms with E-state index in [0.29, 0.717) is 19.4 Å². The summed E-state index contributed by atoms with van der Waals surface area (Å²) in [5.74, 6) is -1.11. The third-order valence-electron chi connectivity index (χ3n) is 1.32. The van der Waals surface area contributed by atoms with Crippen LogP contribution in [0.1, 0.15) is 12.8 Å². The summed E-state index contributed by atoms with van der Waals surface area (Å²) in [6, 6.07) is -0.821. The van der Waals surface area contributed by atoms with Crippen molar-refractivity contribution >= 4 is 11.9 Å². The summed E-state index contributed by atoms with van der Waals surface area (Å²) < 4.78 is 0. The Hall–Kier alpha value is -0.340. The molecule has 0 saturated heterocycles. The maximum absolute atomic E-state index is 10.2. The molecule has 8 N–H and O–H groups in total. The SMILES string of the molecule is N=C(N)NCCCC(N)C(=O)O.[Na+].[OH-]. The molecule has 0 spiro atoms. The number of rotatable bonds is 5. The molecule has 78 valence electrons. The minimum Gasteiger partial charge on any atom is -0.870 e. The number of carbonyl (C=O) groups is 1. The zero-order valence-corrected chi connectivity index (χ0v) is 10.2. The fourth-order valence-electron chi connectivity index (χ4n) is 0.669. The van der Waals surface area contributed by atoms with E-state index < -0.39 is 12.0 Å². The molecule has 0 aliphatic heterocycles. The molecule has 7 nitrogen and oxygen atoms in total. The van der Waals surface area contributed by atoms with Gasteiger partial charge in [0.05, 0.1) is 0 Å². The van der Waals surface area contributed by atoms with Gasteiger partial charge in [-0.1, -0.05) is 0 Å². The van der Waals surface area contributed by atoms with Gasteiger partial charge in [0, 0.05) is 6.54 Å². The second kappa shape index (κ2) is 10.7. The Morgan fingerprint density at radius 1 is 1.57 bits per heavy atom. The number of guanidine groups is 1. The second-order valence-corrected chi connectivity index (χ2v) is 2.43. The van der Waals surface area contributed by atoms with Crippen LogP contribution in [0, 0.1) is 5.41 Å². The summed E-state index contributed by atoms with van der Waals surface area (Å²) in [5, 5.41) is 17.7. The van der Waals surface area contributed by atoms with E-state index >= 15 is 0 Å². The number of nitrogens with one attached hydrogen (secondary N) is 2. The molecule has 0 aromatic heterocycles. The molecule has 0 aromatic rings. The number of aliphatic carboxylic acids is 1. The summed E-state index contributed by atoms with van der Waals surface area (Å²) in [5.41, 5.74) is 10.2.